The Morgan fingerprint density at radius 2 is 1.66 bits per heavy atom. The first-order chi connectivity index (χ1) is 18.4. The Labute approximate surface area is 217 Å². The summed E-state index contributed by atoms with van der Waals surface area (Å²) in [5.74, 6) is -0.763. The molecule has 0 radical (unpaired) electrons. The van der Waals surface area contributed by atoms with Crippen LogP contribution in [0.1, 0.15) is 26.4 Å². The molecule has 0 amide bonds. The summed E-state index contributed by atoms with van der Waals surface area (Å²) in [5, 5.41) is 15.7. The van der Waals surface area contributed by atoms with Crippen molar-refractivity contribution in [3.8, 4) is 28.4 Å². The zero-order valence-corrected chi connectivity index (χ0v) is 20.7. The molecule has 0 atom stereocenters. The van der Waals surface area contributed by atoms with E-state index in [-0.39, 0.29) is 29.2 Å². The highest BCUT2D eigenvalue weighted by atomic mass is 16.6. The number of nitro benzene ring substituents is 1. The minimum absolute atomic E-state index is 0.00497. The van der Waals surface area contributed by atoms with E-state index in [9.17, 15) is 19.7 Å². The van der Waals surface area contributed by atoms with E-state index in [1.807, 2.05) is 6.07 Å². The molecule has 0 spiro atoms. The number of nitrogens with zero attached hydrogens (tertiary/aromatic N) is 3. The lowest BCUT2D eigenvalue weighted by Gasteiger charge is -2.12. The lowest BCUT2D eigenvalue weighted by molar-refractivity contribution is -0.384. The Morgan fingerprint density at radius 1 is 0.921 bits per heavy atom. The Balaban J connectivity index is 1.82. The molecule has 38 heavy (non-hydrogen) atoms. The number of hydrogen-bond donors (Lipinski definition) is 0. The average Bonchev–Trinajstić information content (AvgIpc) is 3.36. The molecule has 0 saturated carbocycles. The zero-order valence-electron chi connectivity index (χ0n) is 20.7. The van der Waals surface area contributed by atoms with Crippen LogP contribution in [-0.2, 0) is 16.1 Å². The van der Waals surface area contributed by atoms with Gasteiger partial charge in [0.05, 0.1) is 38.0 Å². The van der Waals surface area contributed by atoms with E-state index in [0.717, 1.165) is 0 Å². The molecular weight excluding hydrogens is 494 g/mol. The summed E-state index contributed by atoms with van der Waals surface area (Å²) in [7, 11) is 3.91. The minimum Gasteiger partial charge on any atom is -0.496 e. The Morgan fingerprint density at radius 3 is 2.32 bits per heavy atom. The molecule has 0 N–H and O–H groups in total. The molecule has 11 heteroatoms. The first kappa shape index (κ1) is 25.9. The minimum atomic E-state index is -0.771. The second kappa shape index (κ2) is 11.2. The van der Waals surface area contributed by atoms with Gasteiger partial charge in [-0.3, -0.25) is 10.1 Å². The Kier molecular flexibility index (Phi) is 7.66. The van der Waals surface area contributed by atoms with Crippen LogP contribution in [0.5, 0.6) is 11.5 Å². The van der Waals surface area contributed by atoms with E-state index < -0.39 is 16.9 Å². The van der Waals surface area contributed by atoms with Gasteiger partial charge in [0.2, 0.25) is 0 Å². The van der Waals surface area contributed by atoms with Crippen molar-refractivity contribution < 1.29 is 33.5 Å². The second-order valence-corrected chi connectivity index (χ2v) is 7.87. The average molecular weight is 517 g/mol. The number of benzene rings is 3. The predicted molar refractivity (Wildman–Crippen MR) is 136 cm³/mol. The third-order valence-corrected chi connectivity index (χ3v) is 5.63. The van der Waals surface area contributed by atoms with Crippen molar-refractivity contribution in [1.82, 2.24) is 9.78 Å². The quantitative estimate of drug-likeness (QED) is 0.177. The van der Waals surface area contributed by atoms with Crippen molar-refractivity contribution in [2.75, 3.05) is 21.3 Å². The normalized spacial score (nSPS) is 10.5. The molecule has 3 aromatic carbocycles. The third-order valence-electron chi connectivity index (χ3n) is 5.63. The lowest BCUT2D eigenvalue weighted by atomic mass is 10.0. The molecule has 0 fully saturated rings. The van der Waals surface area contributed by atoms with Crippen LogP contribution in [0.3, 0.4) is 0 Å². The van der Waals surface area contributed by atoms with Crippen LogP contribution in [0.4, 0.5) is 5.69 Å². The van der Waals surface area contributed by atoms with Gasteiger partial charge in [-0.25, -0.2) is 14.3 Å². The van der Waals surface area contributed by atoms with Gasteiger partial charge in [-0.05, 0) is 36.4 Å². The number of ether oxygens (including phenoxy) is 4. The molecule has 11 nitrogen and oxygen atoms in total. The van der Waals surface area contributed by atoms with Gasteiger partial charge in [-0.15, -0.1) is 0 Å². The van der Waals surface area contributed by atoms with Crippen molar-refractivity contribution in [2.24, 2.45) is 0 Å². The third kappa shape index (κ3) is 5.16. The fourth-order valence-electron chi connectivity index (χ4n) is 3.84. The summed E-state index contributed by atoms with van der Waals surface area (Å²) in [6.45, 7) is -0.00497. The predicted octanol–water partition coefficient (Wildman–Crippen LogP) is 4.61. The lowest BCUT2D eigenvalue weighted by Crippen LogP contribution is -2.15. The molecular formula is C27H23N3O8. The van der Waals surface area contributed by atoms with E-state index in [4.69, 9.17) is 18.9 Å². The van der Waals surface area contributed by atoms with Gasteiger partial charge in [-0.2, -0.15) is 5.10 Å². The Hall–Kier alpha value is -5.19. The standard InChI is InChI=1S/C27H23N3O8/c1-35-22-13-12-17(14-18(22)16-38-21-11-7-10-20(15-21)30(33)34)24-23(26(31)36-2)25(27(32)37-3)29(28-24)19-8-5-4-6-9-19/h4-15H,16H2,1-3H3. The van der Waals surface area contributed by atoms with Crippen LogP contribution in [0.25, 0.3) is 16.9 Å². The molecule has 0 saturated heterocycles. The first-order valence-corrected chi connectivity index (χ1v) is 11.3. The number of carbonyl (C=O) groups excluding carboxylic acids is 2. The topological polar surface area (TPSA) is 132 Å². The van der Waals surface area contributed by atoms with E-state index >= 15 is 0 Å². The van der Waals surface area contributed by atoms with Crippen LogP contribution in [-0.4, -0.2) is 48.0 Å². The molecule has 4 rings (SSSR count). The van der Waals surface area contributed by atoms with Crippen LogP contribution < -0.4 is 9.47 Å². The number of non-ortho nitro benzene ring substituents is 1. The van der Waals surface area contributed by atoms with Crippen molar-refractivity contribution in [3.05, 3.63) is 99.7 Å². The molecule has 4 aromatic rings. The summed E-state index contributed by atoms with van der Waals surface area (Å²) in [6, 6.07) is 19.7. The fourth-order valence-corrected chi connectivity index (χ4v) is 3.84. The van der Waals surface area contributed by atoms with Crippen molar-refractivity contribution in [1.29, 1.82) is 0 Å². The number of para-hydroxylation sites is 1. The molecule has 0 aliphatic carbocycles. The Bertz CT molecular complexity index is 1500. The molecule has 0 aliphatic rings. The fraction of sp³-hybridized carbons (Fsp3) is 0.148. The highest BCUT2D eigenvalue weighted by Gasteiger charge is 2.31. The van der Waals surface area contributed by atoms with Gasteiger partial charge >= 0.3 is 11.9 Å². The molecule has 0 bridgehead atoms. The van der Waals surface area contributed by atoms with Crippen molar-refractivity contribution in [2.45, 2.75) is 6.61 Å². The van der Waals surface area contributed by atoms with E-state index in [0.29, 0.717) is 28.3 Å². The summed E-state index contributed by atoms with van der Waals surface area (Å²) in [4.78, 5) is 36.3. The van der Waals surface area contributed by atoms with E-state index in [1.165, 1.54) is 44.2 Å². The monoisotopic (exact) mass is 517 g/mol. The molecule has 1 heterocycles. The zero-order chi connectivity index (χ0) is 27.2. The van der Waals surface area contributed by atoms with Crippen molar-refractivity contribution >= 4 is 17.6 Å². The first-order valence-electron chi connectivity index (χ1n) is 11.3. The highest BCUT2D eigenvalue weighted by molar-refractivity contribution is 6.06. The number of nitro groups is 1. The van der Waals surface area contributed by atoms with E-state index in [2.05, 4.69) is 5.10 Å². The van der Waals surface area contributed by atoms with Gasteiger partial charge in [0, 0.05) is 17.2 Å². The van der Waals surface area contributed by atoms with Crippen LogP contribution in [0.15, 0.2) is 72.8 Å². The number of hydrogen-bond acceptors (Lipinski definition) is 9. The van der Waals surface area contributed by atoms with Gasteiger partial charge in [0.25, 0.3) is 5.69 Å². The van der Waals surface area contributed by atoms with Gasteiger partial charge in [0.1, 0.15) is 29.4 Å². The van der Waals surface area contributed by atoms with Gasteiger partial charge in [0.15, 0.2) is 5.69 Å². The maximum atomic E-state index is 12.9. The van der Waals surface area contributed by atoms with Crippen LogP contribution in [0.2, 0.25) is 0 Å². The van der Waals surface area contributed by atoms with Crippen LogP contribution in [0, 0.1) is 10.1 Å². The van der Waals surface area contributed by atoms with Crippen molar-refractivity contribution in [3.63, 3.8) is 0 Å². The molecule has 0 aliphatic heterocycles. The molecule has 194 valence electrons. The maximum Gasteiger partial charge on any atom is 0.357 e. The number of aromatic nitrogens is 2. The number of rotatable bonds is 9. The summed E-state index contributed by atoms with van der Waals surface area (Å²) < 4.78 is 22.5. The van der Waals surface area contributed by atoms with Gasteiger partial charge in [-0.1, -0.05) is 24.3 Å². The second-order valence-electron chi connectivity index (χ2n) is 7.87. The maximum absolute atomic E-state index is 12.9. The summed E-state index contributed by atoms with van der Waals surface area (Å²) >= 11 is 0. The molecule has 0 unspecified atom stereocenters. The number of carbonyl (C=O) groups is 2. The number of methoxy groups -OCH3 is 3. The summed E-state index contributed by atoms with van der Waals surface area (Å²) in [6.07, 6.45) is 0. The largest absolute Gasteiger partial charge is 0.496 e. The smallest absolute Gasteiger partial charge is 0.357 e. The van der Waals surface area contributed by atoms with E-state index in [1.54, 1.807) is 48.5 Å². The SMILES string of the molecule is COC(=O)c1c(-c2ccc(OC)c(COc3cccc([N+](=O)[O-])c3)c2)nn(-c2ccccc2)c1C(=O)OC. The van der Waals surface area contributed by atoms with Gasteiger partial charge < -0.3 is 18.9 Å². The summed E-state index contributed by atoms with van der Waals surface area (Å²) in [5.41, 5.74) is 1.50. The number of esters is 2. The highest BCUT2D eigenvalue weighted by Crippen LogP contribution is 2.33. The molecule has 1 aromatic heterocycles. The van der Waals surface area contributed by atoms with Crippen LogP contribution >= 0.6 is 0 Å².